The predicted octanol–water partition coefficient (Wildman–Crippen LogP) is 3.58. The van der Waals surface area contributed by atoms with Crippen LogP contribution in [0.3, 0.4) is 0 Å². The maximum atomic E-state index is 12.9. The zero-order valence-corrected chi connectivity index (χ0v) is 19.9. The van der Waals surface area contributed by atoms with Crippen molar-refractivity contribution in [1.29, 1.82) is 0 Å². The quantitative estimate of drug-likeness (QED) is 0.335. The lowest BCUT2D eigenvalue weighted by Crippen LogP contribution is -2.42. The van der Waals surface area contributed by atoms with Crippen molar-refractivity contribution in [2.45, 2.75) is 31.5 Å². The third-order valence-electron chi connectivity index (χ3n) is 5.44. The first kappa shape index (κ1) is 25.6. The van der Waals surface area contributed by atoms with Crippen LogP contribution in [0.4, 0.5) is 0 Å². The van der Waals surface area contributed by atoms with Gasteiger partial charge in [-0.15, -0.1) is 0 Å². The Bertz CT molecular complexity index is 1230. The summed E-state index contributed by atoms with van der Waals surface area (Å²) < 4.78 is 27.7. The van der Waals surface area contributed by atoms with E-state index in [9.17, 15) is 19.2 Å². The lowest BCUT2D eigenvalue weighted by molar-refractivity contribution is -0.187. The van der Waals surface area contributed by atoms with E-state index in [0.29, 0.717) is 5.56 Å². The second-order valence-electron chi connectivity index (χ2n) is 8.09. The van der Waals surface area contributed by atoms with Crippen LogP contribution in [-0.4, -0.2) is 55.1 Å². The molecule has 1 heterocycles. The molecule has 3 aromatic carbocycles. The molecule has 1 unspecified atom stereocenters. The second kappa shape index (κ2) is 12.0. The Morgan fingerprint density at radius 3 is 1.51 bits per heavy atom. The SMILES string of the molecule is CC(=O)OC1O[C@H](COC(=O)c2ccccc2)[C@H](OC(=O)c2ccccc2)[C@H]1OC(=O)c1ccccc1. The minimum Gasteiger partial charge on any atom is -0.459 e. The van der Waals surface area contributed by atoms with Crippen LogP contribution in [-0.2, 0) is 28.5 Å². The largest absolute Gasteiger partial charge is 0.459 e. The fraction of sp³-hybridized carbons (Fsp3) is 0.214. The number of hydrogen-bond acceptors (Lipinski definition) is 9. The number of benzene rings is 3. The number of carbonyl (C=O) groups excluding carboxylic acids is 4. The molecule has 0 saturated carbocycles. The molecule has 37 heavy (non-hydrogen) atoms. The topological polar surface area (TPSA) is 114 Å². The molecule has 9 nitrogen and oxygen atoms in total. The van der Waals surface area contributed by atoms with Gasteiger partial charge in [0.2, 0.25) is 12.4 Å². The maximum Gasteiger partial charge on any atom is 0.338 e. The Kier molecular flexibility index (Phi) is 8.27. The molecule has 0 radical (unpaired) electrons. The van der Waals surface area contributed by atoms with Crippen LogP contribution >= 0.6 is 0 Å². The summed E-state index contributed by atoms with van der Waals surface area (Å²) in [5, 5.41) is 0. The Balaban J connectivity index is 1.58. The Labute approximate surface area is 212 Å². The fourth-order valence-corrected chi connectivity index (χ4v) is 3.70. The smallest absolute Gasteiger partial charge is 0.338 e. The normalized spacial score (nSPS) is 20.5. The fourth-order valence-electron chi connectivity index (χ4n) is 3.70. The first-order valence-electron chi connectivity index (χ1n) is 11.5. The van der Waals surface area contributed by atoms with Gasteiger partial charge in [0.25, 0.3) is 0 Å². The monoisotopic (exact) mass is 504 g/mol. The van der Waals surface area contributed by atoms with Crippen molar-refractivity contribution in [2.75, 3.05) is 6.61 Å². The van der Waals surface area contributed by atoms with E-state index in [0.717, 1.165) is 6.92 Å². The standard InChI is InChI=1S/C28H24O9/c1-18(29)34-28-24(37-27(32)21-15-9-4-10-16-21)23(36-26(31)20-13-7-3-8-14-20)22(35-28)17-33-25(30)19-11-5-2-6-12-19/h2-16,22-24,28H,17H2,1H3/t22-,23+,24-,28?/m1/s1. The van der Waals surface area contributed by atoms with Gasteiger partial charge in [0, 0.05) is 6.92 Å². The number of hydrogen-bond donors (Lipinski definition) is 0. The van der Waals surface area contributed by atoms with E-state index in [1.165, 1.54) is 0 Å². The van der Waals surface area contributed by atoms with Crippen molar-refractivity contribution in [3.8, 4) is 0 Å². The average molecular weight is 504 g/mol. The van der Waals surface area contributed by atoms with Crippen molar-refractivity contribution in [3.05, 3.63) is 108 Å². The zero-order valence-electron chi connectivity index (χ0n) is 19.9. The van der Waals surface area contributed by atoms with Crippen LogP contribution in [0, 0.1) is 0 Å². The van der Waals surface area contributed by atoms with Gasteiger partial charge in [-0.05, 0) is 36.4 Å². The van der Waals surface area contributed by atoms with Crippen molar-refractivity contribution < 1.29 is 42.9 Å². The first-order chi connectivity index (χ1) is 17.9. The second-order valence-corrected chi connectivity index (χ2v) is 8.09. The summed E-state index contributed by atoms with van der Waals surface area (Å²) in [7, 11) is 0. The minimum atomic E-state index is -1.40. The highest BCUT2D eigenvalue weighted by atomic mass is 16.8. The maximum absolute atomic E-state index is 12.9. The Hall–Kier alpha value is -4.50. The molecule has 0 N–H and O–H groups in total. The molecule has 190 valence electrons. The molecule has 4 rings (SSSR count). The molecule has 1 saturated heterocycles. The van der Waals surface area contributed by atoms with Crippen molar-refractivity contribution in [3.63, 3.8) is 0 Å². The molecule has 0 amide bonds. The summed E-state index contributed by atoms with van der Waals surface area (Å²) in [6.07, 6.45) is -5.09. The third-order valence-corrected chi connectivity index (χ3v) is 5.44. The molecule has 3 aromatic rings. The van der Waals surface area contributed by atoms with E-state index in [1.54, 1.807) is 91.0 Å². The molecule has 1 aliphatic heterocycles. The van der Waals surface area contributed by atoms with E-state index in [-0.39, 0.29) is 17.7 Å². The summed E-state index contributed by atoms with van der Waals surface area (Å²) in [6, 6.07) is 24.6. The van der Waals surface area contributed by atoms with Crippen LogP contribution in [0.15, 0.2) is 91.0 Å². The van der Waals surface area contributed by atoms with E-state index in [1.807, 2.05) is 0 Å². The van der Waals surface area contributed by atoms with Crippen LogP contribution in [0.25, 0.3) is 0 Å². The highest BCUT2D eigenvalue weighted by Gasteiger charge is 2.52. The molecule has 0 aliphatic carbocycles. The molecule has 0 spiro atoms. The van der Waals surface area contributed by atoms with Gasteiger partial charge in [0.05, 0.1) is 16.7 Å². The summed E-state index contributed by atoms with van der Waals surface area (Å²) >= 11 is 0. The molecule has 4 atom stereocenters. The highest BCUT2D eigenvalue weighted by molar-refractivity contribution is 5.91. The predicted molar refractivity (Wildman–Crippen MR) is 128 cm³/mol. The van der Waals surface area contributed by atoms with Gasteiger partial charge < -0.3 is 23.7 Å². The van der Waals surface area contributed by atoms with Gasteiger partial charge in [-0.1, -0.05) is 54.6 Å². The van der Waals surface area contributed by atoms with Gasteiger partial charge in [-0.2, -0.15) is 0 Å². The summed E-state index contributed by atoms with van der Waals surface area (Å²) in [6.45, 7) is 0.796. The molecule has 0 bridgehead atoms. The molecular formula is C28H24O9. The van der Waals surface area contributed by atoms with Gasteiger partial charge in [0.15, 0.2) is 6.10 Å². The molecule has 1 aliphatic rings. The lowest BCUT2D eigenvalue weighted by Gasteiger charge is -2.24. The molecule has 0 aromatic heterocycles. The lowest BCUT2D eigenvalue weighted by atomic mass is 10.1. The van der Waals surface area contributed by atoms with E-state index in [2.05, 4.69) is 0 Å². The molecule has 9 heteroatoms. The summed E-state index contributed by atoms with van der Waals surface area (Å²) in [5.74, 6) is -2.81. The number of carbonyl (C=O) groups is 4. The number of ether oxygens (including phenoxy) is 5. The number of rotatable bonds is 8. The van der Waals surface area contributed by atoms with Crippen LogP contribution < -0.4 is 0 Å². The number of esters is 4. The van der Waals surface area contributed by atoms with Crippen molar-refractivity contribution in [2.24, 2.45) is 0 Å². The van der Waals surface area contributed by atoms with Gasteiger partial charge in [-0.3, -0.25) is 4.79 Å². The Morgan fingerprint density at radius 1 is 0.622 bits per heavy atom. The van der Waals surface area contributed by atoms with Gasteiger partial charge in [-0.25, -0.2) is 14.4 Å². The Morgan fingerprint density at radius 2 is 1.05 bits per heavy atom. The van der Waals surface area contributed by atoms with Gasteiger partial charge in [0.1, 0.15) is 12.7 Å². The van der Waals surface area contributed by atoms with E-state index in [4.69, 9.17) is 23.7 Å². The summed E-state index contributed by atoms with van der Waals surface area (Å²) in [4.78, 5) is 50.0. The highest BCUT2D eigenvalue weighted by Crippen LogP contribution is 2.30. The van der Waals surface area contributed by atoms with Crippen molar-refractivity contribution >= 4 is 23.9 Å². The molecular weight excluding hydrogens is 480 g/mol. The van der Waals surface area contributed by atoms with Crippen LogP contribution in [0.1, 0.15) is 38.0 Å². The third kappa shape index (κ3) is 6.59. The van der Waals surface area contributed by atoms with E-state index < -0.39 is 48.5 Å². The van der Waals surface area contributed by atoms with Gasteiger partial charge >= 0.3 is 23.9 Å². The average Bonchev–Trinajstić information content (AvgIpc) is 3.23. The van der Waals surface area contributed by atoms with Crippen molar-refractivity contribution in [1.82, 2.24) is 0 Å². The van der Waals surface area contributed by atoms with Crippen LogP contribution in [0.2, 0.25) is 0 Å². The molecule has 1 fully saturated rings. The van der Waals surface area contributed by atoms with Crippen LogP contribution in [0.5, 0.6) is 0 Å². The first-order valence-corrected chi connectivity index (χ1v) is 11.5. The zero-order chi connectivity index (χ0) is 26.2. The minimum absolute atomic E-state index is 0.233. The van der Waals surface area contributed by atoms with E-state index >= 15 is 0 Å². The summed E-state index contributed by atoms with van der Waals surface area (Å²) in [5.41, 5.74) is 0.782.